The molecule has 7 nitrogen and oxygen atoms in total. The highest BCUT2D eigenvalue weighted by atomic mass is 33.1. The van der Waals surface area contributed by atoms with Gasteiger partial charge in [0.25, 0.3) is 0 Å². The van der Waals surface area contributed by atoms with Crippen LogP contribution in [0.2, 0.25) is 0 Å². The highest BCUT2D eigenvalue weighted by Gasteiger charge is 2.39. The molecule has 0 aliphatic carbocycles. The predicted molar refractivity (Wildman–Crippen MR) is 95.4 cm³/mol. The highest BCUT2D eigenvalue weighted by molar-refractivity contribution is 8.77. The van der Waals surface area contributed by atoms with Gasteiger partial charge in [0.15, 0.2) is 0 Å². The Labute approximate surface area is 156 Å². The van der Waals surface area contributed by atoms with Crippen molar-refractivity contribution in [2.75, 3.05) is 5.75 Å². The molecule has 142 valence electrons. The average Bonchev–Trinajstić information content (AvgIpc) is 3.06. The van der Waals surface area contributed by atoms with Crippen LogP contribution < -0.4 is 5.73 Å². The molecule has 0 bridgehead atoms. The Morgan fingerprint density at radius 3 is 2.77 bits per heavy atom. The summed E-state index contributed by atoms with van der Waals surface area (Å²) in [6.45, 7) is 1.54. The van der Waals surface area contributed by atoms with Gasteiger partial charge in [-0.15, -0.1) is 0 Å². The van der Waals surface area contributed by atoms with Crippen molar-refractivity contribution in [2.45, 2.75) is 30.4 Å². The first-order valence-corrected chi connectivity index (χ1v) is 9.89. The Morgan fingerprint density at radius 1 is 1.46 bits per heavy atom. The standard InChI is InChI=1S/C15H18F2N4O3S2/c1-9(26-25-5-13(18)14(22)23)15(24,6-21-8-19-7-20-21)11-3-2-10(16)4-12(11)17/h2-4,7-9,13,24H,5-6,18H2,1H3,(H,22,23)/t9-,13+,15-/m1/s1. The van der Waals surface area contributed by atoms with Crippen LogP contribution in [0.15, 0.2) is 30.9 Å². The number of aliphatic hydroxyl groups is 1. The van der Waals surface area contributed by atoms with Gasteiger partial charge >= 0.3 is 5.97 Å². The molecule has 11 heteroatoms. The van der Waals surface area contributed by atoms with E-state index in [4.69, 9.17) is 10.8 Å². The van der Waals surface area contributed by atoms with Crippen LogP contribution in [-0.2, 0) is 16.9 Å². The van der Waals surface area contributed by atoms with Crippen molar-refractivity contribution >= 4 is 27.6 Å². The molecule has 0 spiro atoms. The van der Waals surface area contributed by atoms with Gasteiger partial charge in [0.1, 0.15) is 35.9 Å². The minimum atomic E-state index is -1.74. The molecule has 0 unspecified atom stereocenters. The van der Waals surface area contributed by atoms with Crippen molar-refractivity contribution in [1.82, 2.24) is 14.8 Å². The number of nitrogens with two attached hydrogens (primary N) is 1. The lowest BCUT2D eigenvalue weighted by atomic mass is 9.90. The first-order chi connectivity index (χ1) is 12.2. The summed E-state index contributed by atoms with van der Waals surface area (Å²) >= 11 is 0. The molecule has 0 amide bonds. The van der Waals surface area contributed by atoms with E-state index in [0.717, 1.165) is 27.7 Å². The fourth-order valence-corrected chi connectivity index (χ4v) is 4.90. The fourth-order valence-electron chi connectivity index (χ4n) is 2.20. The molecule has 1 heterocycles. The lowest BCUT2D eigenvalue weighted by Gasteiger charge is -2.34. The first kappa shape index (κ1) is 20.6. The lowest BCUT2D eigenvalue weighted by Crippen LogP contribution is -2.41. The normalized spacial score (nSPS) is 16.0. The minimum Gasteiger partial charge on any atom is -0.480 e. The van der Waals surface area contributed by atoms with Gasteiger partial charge in [0, 0.05) is 22.6 Å². The van der Waals surface area contributed by atoms with Crippen molar-refractivity contribution in [3.63, 3.8) is 0 Å². The van der Waals surface area contributed by atoms with Crippen LogP contribution >= 0.6 is 21.6 Å². The number of hydrogen-bond donors (Lipinski definition) is 3. The largest absolute Gasteiger partial charge is 0.480 e. The van der Waals surface area contributed by atoms with Crippen molar-refractivity contribution < 1.29 is 23.8 Å². The summed E-state index contributed by atoms with van der Waals surface area (Å²) in [5, 5.41) is 23.4. The molecule has 0 aliphatic heterocycles. The third-order valence-electron chi connectivity index (χ3n) is 3.72. The molecule has 4 N–H and O–H groups in total. The summed E-state index contributed by atoms with van der Waals surface area (Å²) in [7, 11) is 2.31. The van der Waals surface area contributed by atoms with E-state index in [9.17, 15) is 18.7 Å². The summed E-state index contributed by atoms with van der Waals surface area (Å²) < 4.78 is 28.9. The second-order valence-electron chi connectivity index (χ2n) is 5.61. The van der Waals surface area contributed by atoms with E-state index in [1.54, 1.807) is 6.92 Å². The predicted octanol–water partition coefficient (Wildman–Crippen LogP) is 1.63. The monoisotopic (exact) mass is 404 g/mol. The lowest BCUT2D eigenvalue weighted by molar-refractivity contribution is -0.137. The van der Waals surface area contributed by atoms with E-state index in [0.29, 0.717) is 6.07 Å². The van der Waals surface area contributed by atoms with Crippen molar-refractivity contribution in [3.8, 4) is 0 Å². The van der Waals surface area contributed by atoms with Gasteiger partial charge in [-0.25, -0.2) is 18.4 Å². The molecule has 1 aromatic carbocycles. The van der Waals surface area contributed by atoms with Crippen LogP contribution in [0.5, 0.6) is 0 Å². The van der Waals surface area contributed by atoms with Crippen LogP contribution in [0.25, 0.3) is 0 Å². The zero-order valence-corrected chi connectivity index (χ0v) is 15.4. The number of aliphatic carboxylic acids is 1. The minimum absolute atomic E-state index is 0.0856. The highest BCUT2D eigenvalue weighted by Crippen LogP contribution is 2.40. The number of carbonyl (C=O) groups is 1. The summed E-state index contributed by atoms with van der Waals surface area (Å²) in [5.41, 5.74) is 3.63. The SMILES string of the molecule is C[C@@H](SSC[C@H](N)C(=O)O)[C@](O)(Cn1cncn1)c1ccc(F)cc1F. The van der Waals surface area contributed by atoms with Gasteiger partial charge in [-0.1, -0.05) is 27.7 Å². The van der Waals surface area contributed by atoms with E-state index >= 15 is 0 Å². The van der Waals surface area contributed by atoms with Gasteiger partial charge in [-0.3, -0.25) is 4.79 Å². The van der Waals surface area contributed by atoms with Crippen LogP contribution in [-0.4, -0.2) is 48.0 Å². The topological polar surface area (TPSA) is 114 Å². The number of halogens is 2. The molecular weight excluding hydrogens is 386 g/mol. The van der Waals surface area contributed by atoms with E-state index in [1.165, 1.54) is 23.4 Å². The van der Waals surface area contributed by atoms with E-state index in [2.05, 4.69) is 10.1 Å². The van der Waals surface area contributed by atoms with E-state index in [1.807, 2.05) is 0 Å². The van der Waals surface area contributed by atoms with Gasteiger partial charge < -0.3 is 15.9 Å². The number of benzene rings is 1. The number of carboxylic acid groups (broad SMARTS) is 1. The molecule has 0 saturated heterocycles. The molecule has 0 saturated carbocycles. The van der Waals surface area contributed by atoms with Crippen LogP contribution in [0.1, 0.15) is 12.5 Å². The maximum absolute atomic E-state index is 14.3. The molecule has 0 aliphatic rings. The van der Waals surface area contributed by atoms with Crippen molar-refractivity contribution in [1.29, 1.82) is 0 Å². The Kier molecular flexibility index (Phi) is 6.98. The maximum atomic E-state index is 14.3. The summed E-state index contributed by atoms with van der Waals surface area (Å²) in [5.74, 6) is -2.66. The summed E-state index contributed by atoms with van der Waals surface area (Å²) in [6.07, 6.45) is 2.65. The molecule has 0 radical (unpaired) electrons. The Bertz CT molecular complexity index is 750. The second-order valence-corrected chi connectivity index (χ2v) is 8.36. The number of aromatic nitrogens is 3. The van der Waals surface area contributed by atoms with Crippen LogP contribution in [0.4, 0.5) is 8.78 Å². The molecule has 1 aromatic heterocycles. The first-order valence-electron chi connectivity index (χ1n) is 7.51. The molecule has 3 atom stereocenters. The second kappa shape index (κ2) is 8.80. The third kappa shape index (κ3) is 4.93. The Hall–Kier alpha value is -1.69. The van der Waals surface area contributed by atoms with Gasteiger partial charge in [-0.05, 0) is 13.0 Å². The third-order valence-corrected chi connectivity index (χ3v) is 6.71. The summed E-state index contributed by atoms with van der Waals surface area (Å²) in [6, 6.07) is 1.90. The number of carboxylic acids is 1. The van der Waals surface area contributed by atoms with Crippen molar-refractivity contribution in [2.24, 2.45) is 5.73 Å². The van der Waals surface area contributed by atoms with Gasteiger partial charge in [0.05, 0.1) is 6.54 Å². The van der Waals surface area contributed by atoms with E-state index < -0.39 is 34.5 Å². The number of hydrogen-bond acceptors (Lipinski definition) is 7. The average molecular weight is 404 g/mol. The molecule has 26 heavy (non-hydrogen) atoms. The van der Waals surface area contributed by atoms with Crippen LogP contribution in [0.3, 0.4) is 0 Å². The Balaban J connectivity index is 2.23. The van der Waals surface area contributed by atoms with Crippen LogP contribution in [0, 0.1) is 11.6 Å². The van der Waals surface area contributed by atoms with Crippen molar-refractivity contribution in [3.05, 3.63) is 48.1 Å². The van der Waals surface area contributed by atoms with Gasteiger partial charge in [0.2, 0.25) is 0 Å². The zero-order valence-electron chi connectivity index (χ0n) is 13.7. The quantitative estimate of drug-likeness (QED) is 0.540. The van der Waals surface area contributed by atoms with E-state index in [-0.39, 0.29) is 17.9 Å². The number of nitrogens with zero attached hydrogens (tertiary/aromatic N) is 3. The maximum Gasteiger partial charge on any atom is 0.321 e. The molecule has 2 rings (SSSR count). The summed E-state index contributed by atoms with van der Waals surface area (Å²) in [4.78, 5) is 14.6. The smallest absolute Gasteiger partial charge is 0.321 e. The molecule has 2 aromatic rings. The van der Waals surface area contributed by atoms with Gasteiger partial charge in [-0.2, -0.15) is 5.10 Å². The molecular formula is C15H18F2N4O3S2. The molecule has 0 fully saturated rings. The number of rotatable bonds is 9. The Morgan fingerprint density at radius 2 is 2.19 bits per heavy atom. The zero-order chi connectivity index (χ0) is 19.3. The fraction of sp³-hybridized carbons (Fsp3) is 0.400.